The Hall–Kier alpha value is -2.83. The molecule has 0 spiro atoms. The van der Waals surface area contributed by atoms with E-state index in [1.165, 1.54) is 44.5 Å². The summed E-state index contributed by atoms with van der Waals surface area (Å²) in [5.41, 5.74) is -6.72. The molecule has 2 saturated carbocycles. The van der Waals surface area contributed by atoms with Crippen LogP contribution in [-0.2, 0) is 20.4 Å². The van der Waals surface area contributed by atoms with Crippen LogP contribution in [0.4, 0.5) is 32.0 Å². The third kappa shape index (κ3) is 5.21. The average Bonchev–Trinajstić information content (AvgIpc) is 3.68. The summed E-state index contributed by atoms with van der Waals surface area (Å²) in [5.74, 6) is -5.05. The van der Waals surface area contributed by atoms with Crippen LogP contribution in [0.25, 0.3) is 0 Å². The maximum atomic E-state index is 14.3. The van der Waals surface area contributed by atoms with Gasteiger partial charge in [0.05, 0.1) is 5.41 Å². The van der Waals surface area contributed by atoms with Gasteiger partial charge in [-0.05, 0) is 43.4 Å². The first-order valence-corrected chi connectivity index (χ1v) is 12.4. The average molecular weight is 561 g/mol. The number of alkyl halides is 7. The fraction of sp³-hybridized carbons (Fsp3) is 0.500. The van der Waals surface area contributed by atoms with Crippen molar-refractivity contribution in [3.8, 4) is 0 Å². The minimum atomic E-state index is -4.48. The van der Waals surface area contributed by atoms with Gasteiger partial charge in [-0.1, -0.05) is 23.7 Å². The van der Waals surface area contributed by atoms with Gasteiger partial charge in [-0.15, -0.1) is 0 Å². The highest BCUT2D eigenvalue weighted by atomic mass is 35.5. The molecule has 38 heavy (non-hydrogen) atoms. The van der Waals surface area contributed by atoms with Gasteiger partial charge in [0, 0.05) is 42.5 Å². The van der Waals surface area contributed by atoms with Gasteiger partial charge in [0.2, 0.25) is 11.8 Å². The summed E-state index contributed by atoms with van der Waals surface area (Å²) >= 11 is 5.52. The molecule has 1 N–H and O–H groups in total. The van der Waals surface area contributed by atoms with Crippen LogP contribution in [0, 0.1) is 0 Å². The number of carbonyl (C=O) groups is 2. The molecule has 2 aliphatic carbocycles. The monoisotopic (exact) mass is 560 g/mol. The van der Waals surface area contributed by atoms with Crippen molar-refractivity contribution < 1.29 is 35.9 Å². The van der Waals surface area contributed by atoms with E-state index in [0.717, 1.165) is 11.2 Å². The first kappa shape index (κ1) is 28.2. The molecule has 4 rings (SSSR count). The molecule has 2 atom stereocenters. The summed E-state index contributed by atoms with van der Waals surface area (Å²) < 4.78 is 82.4. The molecule has 0 bridgehead atoms. The normalized spacial score (nSPS) is 21.1. The molecule has 1 aromatic carbocycles. The minimum absolute atomic E-state index is 0.0243. The zero-order valence-electron chi connectivity index (χ0n) is 20.2. The van der Waals surface area contributed by atoms with Crippen LogP contribution >= 0.6 is 11.6 Å². The SMILES string of the molecule is B[C@@](C(=O)NC1CCC(F)(F)CC1)(c1cncnc1)N(C(=O)[C@H](F)Cl)c1ccc(C2(C(F)(F)F)CC2)cc1. The van der Waals surface area contributed by atoms with E-state index in [9.17, 15) is 35.9 Å². The summed E-state index contributed by atoms with van der Waals surface area (Å²) in [6.07, 6.45) is -1.98. The van der Waals surface area contributed by atoms with Crippen LogP contribution in [0.15, 0.2) is 43.0 Å². The number of rotatable bonds is 7. The smallest absolute Gasteiger partial charge is 0.352 e. The molecule has 2 amide bonds. The Bertz CT molecular complexity index is 1170. The van der Waals surface area contributed by atoms with Gasteiger partial charge in [0.1, 0.15) is 11.8 Å². The van der Waals surface area contributed by atoms with E-state index in [1.807, 2.05) is 0 Å². The molecule has 1 heterocycles. The van der Waals surface area contributed by atoms with Crippen LogP contribution < -0.4 is 10.2 Å². The molecule has 2 fully saturated rings. The number of hydrogen-bond donors (Lipinski definition) is 1. The van der Waals surface area contributed by atoms with E-state index < -0.39 is 59.3 Å². The van der Waals surface area contributed by atoms with Crippen molar-refractivity contribution in [3.05, 3.63) is 54.1 Å². The second kappa shape index (κ2) is 10.1. The number of nitrogens with one attached hydrogen (secondary N) is 1. The van der Waals surface area contributed by atoms with Crippen molar-refractivity contribution in [1.29, 1.82) is 0 Å². The Labute approximate surface area is 220 Å². The molecule has 0 saturated heterocycles. The summed E-state index contributed by atoms with van der Waals surface area (Å²) in [6.45, 7) is 0. The van der Waals surface area contributed by atoms with Crippen molar-refractivity contribution in [2.75, 3.05) is 4.90 Å². The van der Waals surface area contributed by atoms with Crippen molar-refractivity contribution in [2.24, 2.45) is 0 Å². The quantitative estimate of drug-likeness (QED) is 0.314. The van der Waals surface area contributed by atoms with Crippen molar-refractivity contribution >= 4 is 36.9 Å². The number of anilines is 1. The lowest BCUT2D eigenvalue weighted by molar-refractivity contribution is -0.160. The molecule has 2 aromatic rings. The second-order valence-electron chi connectivity index (χ2n) is 9.90. The lowest BCUT2D eigenvalue weighted by Gasteiger charge is -2.42. The van der Waals surface area contributed by atoms with Crippen molar-refractivity contribution in [1.82, 2.24) is 15.3 Å². The fourth-order valence-corrected chi connectivity index (χ4v) is 5.01. The lowest BCUT2D eigenvalue weighted by Crippen LogP contribution is -2.62. The molecule has 6 nitrogen and oxygen atoms in total. The minimum Gasteiger partial charge on any atom is -0.352 e. The molecule has 2 aliphatic rings. The predicted octanol–water partition coefficient (Wildman–Crippen LogP) is 4.12. The molecule has 14 heteroatoms. The Morgan fingerprint density at radius 2 is 1.61 bits per heavy atom. The predicted molar refractivity (Wildman–Crippen MR) is 129 cm³/mol. The molecular formula is C24H24BClF6N4O2. The van der Waals surface area contributed by atoms with Gasteiger partial charge in [-0.3, -0.25) is 14.5 Å². The molecule has 1 aromatic heterocycles. The van der Waals surface area contributed by atoms with E-state index >= 15 is 0 Å². The fourth-order valence-electron chi connectivity index (χ4n) is 4.92. The Balaban J connectivity index is 1.75. The number of halogens is 7. The molecule has 0 radical (unpaired) electrons. The van der Waals surface area contributed by atoms with Crippen LogP contribution in [0.1, 0.15) is 49.7 Å². The number of benzene rings is 1. The number of amides is 2. The number of nitrogens with zero attached hydrogens (tertiary/aromatic N) is 3. The zero-order chi connectivity index (χ0) is 27.9. The molecule has 0 aliphatic heterocycles. The van der Waals surface area contributed by atoms with Crippen molar-refractivity contribution in [3.63, 3.8) is 0 Å². The van der Waals surface area contributed by atoms with Gasteiger partial charge >= 0.3 is 6.18 Å². The molecule has 204 valence electrons. The highest BCUT2D eigenvalue weighted by Crippen LogP contribution is 2.59. The van der Waals surface area contributed by atoms with E-state index in [2.05, 4.69) is 15.3 Å². The Morgan fingerprint density at radius 1 is 1.05 bits per heavy atom. The summed E-state index contributed by atoms with van der Waals surface area (Å²) in [6, 6.07) is 4.09. The third-order valence-corrected chi connectivity index (χ3v) is 7.63. The first-order valence-electron chi connectivity index (χ1n) is 11.9. The summed E-state index contributed by atoms with van der Waals surface area (Å²) in [4.78, 5) is 35.4. The highest BCUT2D eigenvalue weighted by Gasteiger charge is 2.64. The van der Waals surface area contributed by atoms with Crippen LogP contribution in [0.2, 0.25) is 0 Å². The summed E-state index contributed by atoms with van der Waals surface area (Å²) in [7, 11) is 1.28. The molecular weight excluding hydrogens is 537 g/mol. The maximum absolute atomic E-state index is 14.3. The van der Waals surface area contributed by atoms with Gasteiger partial charge in [-0.25, -0.2) is 23.1 Å². The van der Waals surface area contributed by atoms with Crippen LogP contribution in [0.3, 0.4) is 0 Å². The van der Waals surface area contributed by atoms with Crippen LogP contribution in [-0.4, -0.2) is 53.4 Å². The molecule has 0 unspecified atom stereocenters. The second-order valence-corrected chi connectivity index (χ2v) is 10.3. The maximum Gasteiger partial charge on any atom is 0.398 e. The van der Waals surface area contributed by atoms with Crippen molar-refractivity contribution in [2.45, 2.75) is 73.1 Å². The van der Waals surface area contributed by atoms with Crippen LogP contribution in [0.5, 0.6) is 0 Å². The van der Waals surface area contributed by atoms with E-state index in [-0.39, 0.29) is 42.5 Å². The van der Waals surface area contributed by atoms with E-state index in [0.29, 0.717) is 0 Å². The van der Waals surface area contributed by atoms with E-state index in [1.54, 1.807) is 0 Å². The van der Waals surface area contributed by atoms with E-state index in [4.69, 9.17) is 11.6 Å². The summed E-state index contributed by atoms with van der Waals surface area (Å²) in [5, 5.41) is 2.67. The largest absolute Gasteiger partial charge is 0.398 e. The number of hydrogen-bond acceptors (Lipinski definition) is 4. The van der Waals surface area contributed by atoms with Gasteiger partial charge in [-0.2, -0.15) is 13.2 Å². The lowest BCUT2D eigenvalue weighted by atomic mass is 9.69. The van der Waals surface area contributed by atoms with Gasteiger partial charge < -0.3 is 5.32 Å². The van der Waals surface area contributed by atoms with Gasteiger partial charge in [0.25, 0.3) is 11.5 Å². The van der Waals surface area contributed by atoms with Gasteiger partial charge in [0.15, 0.2) is 7.85 Å². The highest BCUT2D eigenvalue weighted by molar-refractivity contribution is 6.37. The number of carbonyl (C=O) groups excluding carboxylic acids is 2. The zero-order valence-corrected chi connectivity index (χ0v) is 21.0. The third-order valence-electron chi connectivity index (χ3n) is 7.44. The number of aromatic nitrogens is 2. The Morgan fingerprint density at radius 3 is 2.08 bits per heavy atom. The first-order chi connectivity index (χ1) is 17.7. The topological polar surface area (TPSA) is 75.2 Å². The Kier molecular flexibility index (Phi) is 7.46. The standard InChI is InChI=1S/C24H24BClF6N4O2/c25-23(15-11-33-13-34-12-15,20(38)35-16-5-7-22(28,29)8-6-16)36(19(37)18(26)27)17-3-1-14(2-4-17)21(9-10-21)24(30,31)32/h1-4,11-13,16,18H,5-10,25H2,(H,35,38)/t18-,23-/m0/s1.